The highest BCUT2D eigenvalue weighted by Crippen LogP contribution is 2.33. The molecule has 0 bridgehead atoms. The molecule has 2 aromatic rings. The quantitative estimate of drug-likeness (QED) is 0.872. The average Bonchev–Trinajstić information content (AvgIpc) is 3.17. The highest BCUT2D eigenvalue weighted by molar-refractivity contribution is 6.30. The van der Waals surface area contributed by atoms with E-state index < -0.39 is 0 Å². The normalized spacial score (nSPS) is 22.3. The zero-order chi connectivity index (χ0) is 16.4. The summed E-state index contributed by atoms with van der Waals surface area (Å²) < 4.78 is 5.48. The van der Waals surface area contributed by atoms with Crippen LogP contribution < -0.4 is 5.73 Å². The Morgan fingerprint density at radius 1 is 1.38 bits per heavy atom. The molecule has 1 fully saturated rings. The van der Waals surface area contributed by atoms with Gasteiger partial charge in [0.15, 0.2) is 5.82 Å². The van der Waals surface area contributed by atoms with Gasteiger partial charge in [-0.2, -0.15) is 4.98 Å². The Labute approximate surface area is 154 Å². The van der Waals surface area contributed by atoms with Gasteiger partial charge in [0.2, 0.25) is 5.89 Å². The Hall–Kier alpha value is -1.14. The molecule has 0 amide bonds. The number of aromatic nitrogens is 2. The maximum Gasteiger partial charge on any atom is 0.243 e. The van der Waals surface area contributed by atoms with Crippen LogP contribution in [0.3, 0.4) is 0 Å². The molecule has 0 spiro atoms. The minimum atomic E-state index is 0. The molecule has 1 aromatic heterocycles. The van der Waals surface area contributed by atoms with Gasteiger partial charge in [-0.15, -0.1) is 12.4 Å². The lowest BCUT2D eigenvalue weighted by molar-refractivity contribution is 0.188. The van der Waals surface area contributed by atoms with Crippen LogP contribution in [0, 0.1) is 5.41 Å². The first-order valence-electron chi connectivity index (χ1n) is 8.00. The van der Waals surface area contributed by atoms with Gasteiger partial charge >= 0.3 is 0 Å². The highest BCUT2D eigenvalue weighted by atomic mass is 35.5. The van der Waals surface area contributed by atoms with Gasteiger partial charge in [0.1, 0.15) is 0 Å². The molecule has 2 N–H and O–H groups in total. The van der Waals surface area contributed by atoms with E-state index in [0.717, 1.165) is 30.1 Å². The molecule has 0 radical (unpaired) electrons. The molecule has 2 unspecified atom stereocenters. The molecule has 1 aliphatic rings. The van der Waals surface area contributed by atoms with E-state index in [1.54, 1.807) is 0 Å². The van der Waals surface area contributed by atoms with Crippen molar-refractivity contribution in [1.82, 2.24) is 15.0 Å². The summed E-state index contributed by atoms with van der Waals surface area (Å²) in [6.07, 6.45) is 1.76. The molecule has 24 heavy (non-hydrogen) atoms. The summed E-state index contributed by atoms with van der Waals surface area (Å²) in [6.45, 7) is 7.05. The van der Waals surface area contributed by atoms with E-state index in [9.17, 15) is 0 Å². The van der Waals surface area contributed by atoms with Crippen molar-refractivity contribution in [2.45, 2.75) is 32.7 Å². The molecule has 132 valence electrons. The minimum Gasteiger partial charge on any atom is -0.338 e. The number of rotatable bonds is 5. The molecule has 2 heterocycles. The predicted molar refractivity (Wildman–Crippen MR) is 97.6 cm³/mol. The standard InChI is InChI=1S/C17H23ClN4O.ClH/c1-12(22-8-7-17(2,10-19)11-22)16-20-15(21-23-16)9-13-3-5-14(18)6-4-13;/h3-6,12H,7-11,19H2,1-2H3;1H. The summed E-state index contributed by atoms with van der Waals surface area (Å²) in [5.74, 6) is 1.38. The largest absolute Gasteiger partial charge is 0.338 e. The van der Waals surface area contributed by atoms with E-state index in [1.165, 1.54) is 0 Å². The highest BCUT2D eigenvalue weighted by Gasteiger charge is 2.36. The third kappa shape index (κ3) is 4.28. The fourth-order valence-corrected chi connectivity index (χ4v) is 3.14. The SMILES string of the molecule is CC(c1nc(Cc2ccc(Cl)cc2)no1)N1CCC(C)(CN)C1.Cl. The lowest BCUT2D eigenvalue weighted by atomic mass is 9.90. The van der Waals surface area contributed by atoms with E-state index in [1.807, 2.05) is 24.3 Å². The summed E-state index contributed by atoms with van der Waals surface area (Å²) >= 11 is 5.90. The molecule has 1 aromatic carbocycles. The summed E-state index contributed by atoms with van der Waals surface area (Å²) in [4.78, 5) is 6.93. The van der Waals surface area contributed by atoms with Crippen molar-refractivity contribution in [1.29, 1.82) is 0 Å². The third-order valence-corrected chi connectivity index (χ3v) is 5.00. The molecule has 1 aliphatic heterocycles. The van der Waals surface area contributed by atoms with Gasteiger partial charge in [0.25, 0.3) is 0 Å². The zero-order valence-corrected chi connectivity index (χ0v) is 15.6. The van der Waals surface area contributed by atoms with E-state index in [4.69, 9.17) is 21.9 Å². The summed E-state index contributed by atoms with van der Waals surface area (Å²) in [7, 11) is 0. The molecular weight excluding hydrogens is 347 g/mol. The second-order valence-corrected chi connectivity index (χ2v) is 7.20. The van der Waals surface area contributed by atoms with Gasteiger partial charge in [-0.1, -0.05) is 35.8 Å². The Morgan fingerprint density at radius 3 is 2.71 bits per heavy atom. The van der Waals surface area contributed by atoms with Gasteiger partial charge < -0.3 is 10.3 Å². The van der Waals surface area contributed by atoms with Crippen molar-refractivity contribution in [3.05, 3.63) is 46.6 Å². The van der Waals surface area contributed by atoms with Crippen LogP contribution in [0.2, 0.25) is 5.02 Å². The fraction of sp³-hybridized carbons (Fsp3) is 0.529. The predicted octanol–water partition coefficient (Wildman–Crippen LogP) is 3.47. The van der Waals surface area contributed by atoms with E-state index in [2.05, 4.69) is 28.9 Å². The maximum absolute atomic E-state index is 5.90. The molecular formula is C17H24Cl2N4O. The number of hydrogen-bond acceptors (Lipinski definition) is 5. The van der Waals surface area contributed by atoms with Crippen molar-refractivity contribution in [3.8, 4) is 0 Å². The molecule has 3 rings (SSSR count). The third-order valence-electron chi connectivity index (χ3n) is 4.74. The van der Waals surface area contributed by atoms with Gasteiger partial charge in [0, 0.05) is 18.0 Å². The number of hydrogen-bond donors (Lipinski definition) is 1. The first-order chi connectivity index (χ1) is 11.0. The minimum absolute atomic E-state index is 0. The molecule has 1 saturated heterocycles. The van der Waals surface area contributed by atoms with Gasteiger partial charge in [-0.3, -0.25) is 4.90 Å². The number of likely N-dealkylation sites (tertiary alicyclic amines) is 1. The summed E-state index contributed by atoms with van der Waals surface area (Å²) in [5, 5.41) is 4.84. The number of benzene rings is 1. The number of halogens is 2. The number of nitrogens with zero attached hydrogens (tertiary/aromatic N) is 3. The molecule has 0 saturated carbocycles. The van der Waals surface area contributed by atoms with Crippen LogP contribution >= 0.6 is 24.0 Å². The van der Waals surface area contributed by atoms with E-state index in [0.29, 0.717) is 24.7 Å². The van der Waals surface area contributed by atoms with Crippen LogP contribution in [0.4, 0.5) is 0 Å². The van der Waals surface area contributed by atoms with Crippen LogP contribution in [-0.4, -0.2) is 34.7 Å². The maximum atomic E-state index is 5.90. The topological polar surface area (TPSA) is 68.2 Å². The van der Waals surface area contributed by atoms with Crippen molar-refractivity contribution >= 4 is 24.0 Å². The van der Waals surface area contributed by atoms with Gasteiger partial charge in [-0.05, 0) is 49.5 Å². The van der Waals surface area contributed by atoms with Crippen molar-refractivity contribution in [3.63, 3.8) is 0 Å². The smallest absolute Gasteiger partial charge is 0.243 e. The van der Waals surface area contributed by atoms with Crippen LogP contribution in [0.15, 0.2) is 28.8 Å². The first kappa shape index (κ1) is 19.2. The summed E-state index contributed by atoms with van der Waals surface area (Å²) in [6, 6.07) is 7.83. The lowest BCUT2D eigenvalue weighted by Crippen LogP contribution is -2.32. The molecule has 2 atom stereocenters. The van der Waals surface area contributed by atoms with Gasteiger partial charge in [0.05, 0.1) is 6.04 Å². The fourth-order valence-electron chi connectivity index (χ4n) is 3.01. The lowest BCUT2D eigenvalue weighted by Gasteiger charge is -2.25. The Balaban J connectivity index is 0.00000208. The second kappa shape index (κ2) is 7.83. The zero-order valence-electron chi connectivity index (χ0n) is 14.0. The van der Waals surface area contributed by atoms with Crippen LogP contribution in [0.25, 0.3) is 0 Å². The van der Waals surface area contributed by atoms with Gasteiger partial charge in [-0.25, -0.2) is 0 Å². The Morgan fingerprint density at radius 2 is 2.08 bits per heavy atom. The van der Waals surface area contributed by atoms with Crippen LogP contribution in [-0.2, 0) is 6.42 Å². The molecule has 5 nitrogen and oxygen atoms in total. The van der Waals surface area contributed by atoms with Crippen molar-refractivity contribution in [2.75, 3.05) is 19.6 Å². The second-order valence-electron chi connectivity index (χ2n) is 6.76. The monoisotopic (exact) mass is 370 g/mol. The van der Waals surface area contributed by atoms with E-state index in [-0.39, 0.29) is 23.9 Å². The average molecular weight is 371 g/mol. The first-order valence-corrected chi connectivity index (χ1v) is 8.38. The molecule has 0 aliphatic carbocycles. The van der Waals surface area contributed by atoms with E-state index >= 15 is 0 Å². The van der Waals surface area contributed by atoms with Crippen molar-refractivity contribution < 1.29 is 4.52 Å². The van der Waals surface area contributed by atoms with Crippen molar-refractivity contribution in [2.24, 2.45) is 11.1 Å². The summed E-state index contributed by atoms with van der Waals surface area (Å²) in [5.41, 5.74) is 7.19. The van der Waals surface area contributed by atoms with Crippen LogP contribution in [0.5, 0.6) is 0 Å². The van der Waals surface area contributed by atoms with Crippen LogP contribution in [0.1, 0.15) is 43.6 Å². The Bertz CT molecular complexity index is 661. The Kier molecular flexibility index (Phi) is 6.26. The molecule has 7 heteroatoms. The number of nitrogens with two attached hydrogens (primary N) is 1.